The van der Waals surface area contributed by atoms with Crippen LogP contribution in [0.1, 0.15) is 130 Å². The Kier molecular flexibility index (Phi) is 80.7. The van der Waals surface area contributed by atoms with Crippen LogP contribution >= 0.6 is 0 Å². The second-order valence-corrected chi connectivity index (χ2v) is 9.49. The highest BCUT2D eigenvalue weighted by atomic mass is 14.7. The van der Waals surface area contributed by atoms with E-state index in [1.165, 1.54) is 11.1 Å². The van der Waals surface area contributed by atoms with Gasteiger partial charge in [-0.15, -0.1) is 0 Å². The van der Waals surface area contributed by atoms with Gasteiger partial charge in [0.25, 0.3) is 0 Å². The molecule has 0 aliphatic rings. The van der Waals surface area contributed by atoms with Crippen LogP contribution in [0.15, 0.2) is 72.8 Å². The van der Waals surface area contributed by atoms with Crippen molar-refractivity contribution in [1.29, 1.82) is 0 Å². The van der Waals surface area contributed by atoms with Gasteiger partial charge in [-0.2, -0.15) is 0 Å². The molecule has 0 fully saturated rings. The minimum Gasteiger partial charge on any atom is -0.344 e. The lowest BCUT2D eigenvalue weighted by molar-refractivity contribution is 1.35. The summed E-state index contributed by atoms with van der Waals surface area (Å²) >= 11 is 0. The van der Waals surface area contributed by atoms with Gasteiger partial charge in [-0.05, 0) is 83.2 Å². The summed E-state index contributed by atoms with van der Waals surface area (Å²) < 4.78 is 0. The molecular formula is C48H88N8. The Morgan fingerprint density at radius 2 is 0.696 bits per heavy atom. The fourth-order valence-electron chi connectivity index (χ4n) is 3.61. The fourth-order valence-corrected chi connectivity index (χ4v) is 3.61. The quantitative estimate of drug-likeness (QED) is 0.131. The molecule has 56 heavy (non-hydrogen) atoms. The van der Waals surface area contributed by atoms with E-state index in [4.69, 9.17) is 26.3 Å². The molecule has 0 aliphatic carbocycles. The van der Waals surface area contributed by atoms with Crippen molar-refractivity contribution in [3.8, 4) is 0 Å². The van der Waals surface area contributed by atoms with E-state index in [0.29, 0.717) is 0 Å². The van der Waals surface area contributed by atoms with Crippen LogP contribution in [-0.2, 0) is 0 Å². The number of hydrogen-bond acceptors (Lipinski definition) is 4. The van der Waals surface area contributed by atoms with E-state index in [-0.39, 0.29) is 54.3 Å². The van der Waals surface area contributed by atoms with Crippen molar-refractivity contribution in [3.63, 3.8) is 0 Å². The predicted molar refractivity (Wildman–Crippen MR) is 261 cm³/mol. The Bertz CT molecular complexity index is 1600. The molecule has 0 spiro atoms. The lowest BCUT2D eigenvalue weighted by Gasteiger charge is -1.98. The number of nitrogens with zero attached hydrogens (tertiary/aromatic N) is 4. The number of aryl methyl sites for hydroxylation is 7. The average Bonchev–Trinajstić information content (AvgIpc) is 3.11. The van der Waals surface area contributed by atoms with Crippen molar-refractivity contribution < 1.29 is 0 Å². The SMILES string of the molecule is C.C.C.C.CC.CC.CC.CC.N.N.N.N.[C-]#[N+]c1c(C)cccc1C.[C-]#[N+]c1cc(C)ccc1C.[C-]#[N+]c1ccc(C)cc1C.[C-]#[N+]c1cccc(C)c1C. The van der Waals surface area contributed by atoms with Crippen LogP contribution in [-0.4, -0.2) is 0 Å². The highest BCUT2D eigenvalue weighted by Gasteiger charge is 1.99. The summed E-state index contributed by atoms with van der Waals surface area (Å²) in [4.78, 5) is 13.5. The number of hydrogen-bond donors (Lipinski definition) is 4. The van der Waals surface area contributed by atoms with Crippen molar-refractivity contribution in [1.82, 2.24) is 24.6 Å². The summed E-state index contributed by atoms with van der Waals surface area (Å²) in [5.41, 5.74) is 12.0. The van der Waals surface area contributed by atoms with E-state index in [2.05, 4.69) is 19.4 Å². The zero-order valence-electron chi connectivity index (χ0n) is 35.5. The molecule has 0 atom stereocenters. The average molecular weight is 777 g/mol. The van der Waals surface area contributed by atoms with E-state index in [9.17, 15) is 0 Å². The van der Waals surface area contributed by atoms with Crippen molar-refractivity contribution in [3.05, 3.63) is 163 Å². The molecular weight excluding hydrogens is 689 g/mol. The maximum Gasteiger partial charge on any atom is 0.193 e. The molecule has 4 aromatic carbocycles. The first kappa shape index (κ1) is 83.6. The normalized spacial score (nSPS) is 6.79. The molecule has 0 bridgehead atoms. The molecule has 4 aromatic rings. The van der Waals surface area contributed by atoms with Gasteiger partial charge in [0, 0.05) is 0 Å². The summed E-state index contributed by atoms with van der Waals surface area (Å²) in [6.45, 7) is 59.1. The van der Waals surface area contributed by atoms with E-state index < -0.39 is 0 Å². The van der Waals surface area contributed by atoms with Gasteiger partial charge in [-0.25, -0.2) is 19.4 Å². The summed E-state index contributed by atoms with van der Waals surface area (Å²) in [6, 6.07) is 23.4. The summed E-state index contributed by atoms with van der Waals surface area (Å²) in [5.74, 6) is 0. The standard InChI is InChI=1S/4C9H9N.4C2H6.4CH4.4H3N/c1-7-4-5-9(10-3)8(2)6-7;1-7-4-5-8(2)9(6-7)10-3;1-7-5-4-6-9(10-3)8(7)2;1-7-5-4-6-8(2)9(7)10-3;4*1-2;;;;;;;;/h4*4-6H,1-2H3;4*1-2H3;4*1H4;4*1H3. The van der Waals surface area contributed by atoms with Gasteiger partial charge in [0.2, 0.25) is 0 Å². The highest BCUT2D eigenvalue weighted by molar-refractivity contribution is 5.57. The third-order valence-corrected chi connectivity index (χ3v) is 6.21. The minimum atomic E-state index is 0. The highest BCUT2D eigenvalue weighted by Crippen LogP contribution is 2.23. The van der Waals surface area contributed by atoms with Gasteiger partial charge in [-0.1, -0.05) is 175 Å². The maximum absolute atomic E-state index is 6.85. The number of rotatable bonds is 0. The van der Waals surface area contributed by atoms with Crippen molar-refractivity contribution in [2.75, 3.05) is 0 Å². The molecule has 8 heteroatoms. The fraction of sp³-hybridized carbons (Fsp3) is 0.417. The lowest BCUT2D eigenvalue weighted by Crippen LogP contribution is -1.77. The Labute approximate surface area is 349 Å². The Morgan fingerprint density at radius 1 is 0.339 bits per heavy atom. The first-order chi connectivity index (χ1) is 23.0. The summed E-state index contributed by atoms with van der Waals surface area (Å²) in [5, 5.41) is 0. The van der Waals surface area contributed by atoms with Gasteiger partial charge in [0.15, 0.2) is 22.7 Å². The van der Waals surface area contributed by atoms with Crippen LogP contribution in [0.4, 0.5) is 22.7 Å². The smallest absolute Gasteiger partial charge is 0.193 e. The van der Waals surface area contributed by atoms with Crippen LogP contribution in [0.3, 0.4) is 0 Å². The molecule has 0 heterocycles. The molecule has 0 unspecified atom stereocenters. The monoisotopic (exact) mass is 777 g/mol. The van der Waals surface area contributed by atoms with E-state index in [1.54, 1.807) is 0 Å². The zero-order valence-corrected chi connectivity index (χ0v) is 35.5. The van der Waals surface area contributed by atoms with E-state index >= 15 is 0 Å². The Hall–Kier alpha value is -5.32. The second-order valence-electron chi connectivity index (χ2n) is 9.49. The van der Waals surface area contributed by atoms with Crippen LogP contribution in [0.25, 0.3) is 19.4 Å². The number of para-hydroxylation sites is 1. The van der Waals surface area contributed by atoms with E-state index in [0.717, 1.165) is 56.1 Å². The van der Waals surface area contributed by atoms with Crippen molar-refractivity contribution in [2.24, 2.45) is 0 Å². The molecule has 4 rings (SSSR count). The second kappa shape index (κ2) is 54.0. The topological polar surface area (TPSA) is 157 Å². The third-order valence-electron chi connectivity index (χ3n) is 6.21. The molecule has 0 aliphatic heterocycles. The molecule has 12 N–H and O–H groups in total. The minimum absolute atomic E-state index is 0. The maximum atomic E-state index is 6.85. The molecule has 0 aromatic heterocycles. The molecule has 8 nitrogen and oxygen atoms in total. The zero-order chi connectivity index (χ0) is 38.2. The molecule has 320 valence electrons. The molecule has 0 amide bonds. The summed E-state index contributed by atoms with van der Waals surface area (Å²) in [6.07, 6.45) is 0. The van der Waals surface area contributed by atoms with Crippen molar-refractivity contribution >= 4 is 22.7 Å². The van der Waals surface area contributed by atoms with Gasteiger partial charge in [-0.3, -0.25) is 0 Å². The van der Waals surface area contributed by atoms with Crippen LogP contribution in [0.2, 0.25) is 0 Å². The lowest BCUT2D eigenvalue weighted by atomic mass is 10.1. The van der Waals surface area contributed by atoms with E-state index in [1.807, 2.05) is 184 Å². The van der Waals surface area contributed by atoms with Crippen LogP contribution in [0.5, 0.6) is 0 Å². The summed E-state index contributed by atoms with van der Waals surface area (Å²) in [7, 11) is 0. The number of benzene rings is 4. The predicted octanol–water partition coefficient (Wildman–Crippen LogP) is 18.7. The van der Waals surface area contributed by atoms with Crippen LogP contribution < -0.4 is 24.6 Å². The van der Waals surface area contributed by atoms with Crippen molar-refractivity contribution in [2.45, 2.75) is 140 Å². The molecule has 0 saturated carbocycles. The first-order valence-corrected chi connectivity index (χ1v) is 16.8. The van der Waals surface area contributed by atoms with Gasteiger partial charge in [0.05, 0.1) is 26.3 Å². The van der Waals surface area contributed by atoms with Gasteiger partial charge >= 0.3 is 0 Å². The molecule has 0 saturated heterocycles. The van der Waals surface area contributed by atoms with Gasteiger partial charge < -0.3 is 24.6 Å². The largest absolute Gasteiger partial charge is 0.344 e. The Morgan fingerprint density at radius 3 is 1.02 bits per heavy atom. The molecule has 0 radical (unpaired) electrons. The van der Waals surface area contributed by atoms with Gasteiger partial charge in [0.1, 0.15) is 0 Å². The third kappa shape index (κ3) is 34.4. The Balaban J connectivity index is -0.0000000415. The first-order valence-electron chi connectivity index (χ1n) is 16.8. The van der Waals surface area contributed by atoms with Crippen LogP contribution in [0, 0.1) is 81.7 Å².